The molecule has 0 spiro atoms. The normalized spacial score (nSPS) is 10.7. The van der Waals surface area contributed by atoms with Crippen molar-refractivity contribution in [1.82, 2.24) is 25.4 Å². The van der Waals surface area contributed by atoms with Crippen molar-refractivity contribution >= 4 is 17.2 Å². The molecule has 3 heterocycles. The smallest absolute Gasteiger partial charge is 0.227 e. The zero-order valence-corrected chi connectivity index (χ0v) is 13.3. The van der Waals surface area contributed by atoms with Gasteiger partial charge in [0.05, 0.1) is 24.0 Å². The molecular formula is C15H15N5O2S. The largest absolute Gasteiger partial charge is 0.361 e. The Morgan fingerprint density at radius 2 is 2.30 bits per heavy atom. The highest BCUT2D eigenvalue weighted by atomic mass is 32.1. The predicted octanol–water partition coefficient (Wildman–Crippen LogP) is 1.80. The zero-order valence-electron chi connectivity index (χ0n) is 12.5. The summed E-state index contributed by atoms with van der Waals surface area (Å²) < 4.78 is 5.02. The number of carbonyl (C=O) groups is 1. The van der Waals surface area contributed by atoms with Crippen molar-refractivity contribution in [3.05, 3.63) is 47.2 Å². The molecule has 0 atom stereocenters. The molecule has 1 N–H and O–H groups in total. The van der Waals surface area contributed by atoms with Crippen LogP contribution in [0, 0.1) is 6.92 Å². The molecule has 7 nitrogen and oxygen atoms in total. The lowest BCUT2D eigenvalue weighted by Gasteiger charge is -2.01. The third-order valence-corrected chi connectivity index (χ3v) is 3.96. The Kier molecular flexibility index (Phi) is 4.72. The van der Waals surface area contributed by atoms with Crippen LogP contribution in [-0.4, -0.2) is 32.6 Å². The Balaban J connectivity index is 1.47. The van der Waals surface area contributed by atoms with E-state index in [1.54, 1.807) is 24.7 Å². The van der Waals surface area contributed by atoms with Crippen LogP contribution in [0.4, 0.5) is 0 Å². The monoisotopic (exact) mass is 329 g/mol. The van der Waals surface area contributed by atoms with Crippen molar-refractivity contribution < 1.29 is 9.32 Å². The van der Waals surface area contributed by atoms with E-state index in [0.29, 0.717) is 18.7 Å². The summed E-state index contributed by atoms with van der Waals surface area (Å²) in [4.78, 5) is 24.6. The Labute approximate surface area is 136 Å². The number of rotatable bonds is 6. The summed E-state index contributed by atoms with van der Waals surface area (Å²) in [5, 5.41) is 9.40. The third-order valence-electron chi connectivity index (χ3n) is 3.05. The highest BCUT2D eigenvalue weighted by Crippen LogP contribution is 2.20. The molecule has 0 bridgehead atoms. The van der Waals surface area contributed by atoms with Crippen LogP contribution in [0.2, 0.25) is 0 Å². The number of hydrogen-bond acceptors (Lipinski definition) is 7. The minimum absolute atomic E-state index is 0.0921. The van der Waals surface area contributed by atoms with Crippen LogP contribution in [0.5, 0.6) is 0 Å². The van der Waals surface area contributed by atoms with E-state index in [0.717, 1.165) is 22.1 Å². The number of amides is 1. The Bertz CT molecular complexity index is 784. The zero-order chi connectivity index (χ0) is 16.1. The van der Waals surface area contributed by atoms with Gasteiger partial charge in [-0.1, -0.05) is 5.16 Å². The SMILES string of the molecule is Cc1cc(CC(=O)NCCc2csc(-c3cnccn3)n2)on1. The van der Waals surface area contributed by atoms with Crippen molar-refractivity contribution in [2.24, 2.45) is 0 Å². The van der Waals surface area contributed by atoms with Gasteiger partial charge in [0.1, 0.15) is 16.5 Å². The first-order valence-electron chi connectivity index (χ1n) is 7.10. The van der Waals surface area contributed by atoms with Crippen molar-refractivity contribution in [1.29, 1.82) is 0 Å². The fourth-order valence-corrected chi connectivity index (χ4v) is 2.81. The molecule has 118 valence electrons. The van der Waals surface area contributed by atoms with E-state index < -0.39 is 0 Å². The van der Waals surface area contributed by atoms with Crippen LogP contribution >= 0.6 is 11.3 Å². The Morgan fingerprint density at radius 1 is 1.39 bits per heavy atom. The molecule has 0 fully saturated rings. The standard InChI is InChI=1S/C15H15N5O2S/c1-10-6-12(22-20-10)7-14(21)18-3-2-11-9-23-15(19-11)13-8-16-4-5-17-13/h4-6,8-9H,2-3,7H2,1H3,(H,18,21). The first-order valence-corrected chi connectivity index (χ1v) is 7.98. The van der Waals surface area contributed by atoms with E-state index in [2.05, 4.69) is 25.4 Å². The minimum atomic E-state index is -0.0921. The Morgan fingerprint density at radius 3 is 3.04 bits per heavy atom. The summed E-state index contributed by atoms with van der Waals surface area (Å²) >= 11 is 1.52. The number of hydrogen-bond donors (Lipinski definition) is 1. The second-order valence-corrected chi connectivity index (χ2v) is 5.80. The van der Waals surface area contributed by atoms with Gasteiger partial charge in [-0.25, -0.2) is 4.98 Å². The molecule has 0 saturated carbocycles. The number of nitrogens with zero attached hydrogens (tertiary/aromatic N) is 4. The van der Waals surface area contributed by atoms with Crippen LogP contribution < -0.4 is 5.32 Å². The quantitative estimate of drug-likeness (QED) is 0.741. The van der Waals surface area contributed by atoms with Gasteiger partial charge in [-0.15, -0.1) is 11.3 Å². The molecule has 0 aromatic carbocycles. The number of nitrogens with one attached hydrogen (secondary N) is 1. The molecule has 0 radical (unpaired) electrons. The van der Waals surface area contributed by atoms with Gasteiger partial charge in [0.25, 0.3) is 0 Å². The molecule has 0 saturated heterocycles. The summed E-state index contributed by atoms with van der Waals surface area (Å²) in [5.74, 6) is 0.476. The molecule has 0 aliphatic carbocycles. The molecule has 0 unspecified atom stereocenters. The van der Waals surface area contributed by atoms with E-state index in [-0.39, 0.29) is 12.3 Å². The van der Waals surface area contributed by atoms with Crippen LogP contribution in [0.15, 0.2) is 34.6 Å². The third kappa shape index (κ3) is 4.19. The van der Waals surface area contributed by atoms with Crippen LogP contribution in [0.25, 0.3) is 10.7 Å². The first-order chi connectivity index (χ1) is 11.2. The van der Waals surface area contributed by atoms with Crippen molar-refractivity contribution in [2.75, 3.05) is 6.54 Å². The molecule has 8 heteroatoms. The highest BCUT2D eigenvalue weighted by molar-refractivity contribution is 7.13. The van der Waals surface area contributed by atoms with Crippen molar-refractivity contribution in [3.8, 4) is 10.7 Å². The first kappa shape index (κ1) is 15.3. The fourth-order valence-electron chi connectivity index (χ4n) is 2.00. The molecule has 0 aliphatic heterocycles. The highest BCUT2D eigenvalue weighted by Gasteiger charge is 2.09. The summed E-state index contributed by atoms with van der Waals surface area (Å²) in [6.07, 6.45) is 5.82. The number of carbonyl (C=O) groups excluding carboxylic acids is 1. The average molecular weight is 329 g/mol. The lowest BCUT2D eigenvalue weighted by molar-refractivity contribution is -0.120. The summed E-state index contributed by atoms with van der Waals surface area (Å²) in [6, 6.07) is 1.76. The van der Waals surface area contributed by atoms with Gasteiger partial charge in [-0.05, 0) is 6.92 Å². The van der Waals surface area contributed by atoms with Gasteiger partial charge in [-0.2, -0.15) is 0 Å². The average Bonchev–Trinajstić information content (AvgIpc) is 3.17. The topological polar surface area (TPSA) is 93.8 Å². The molecule has 3 aromatic heterocycles. The minimum Gasteiger partial charge on any atom is -0.361 e. The number of aryl methyl sites for hydroxylation is 1. The summed E-state index contributed by atoms with van der Waals surface area (Å²) in [6.45, 7) is 2.34. The second kappa shape index (κ2) is 7.10. The summed E-state index contributed by atoms with van der Waals surface area (Å²) in [5.41, 5.74) is 2.45. The van der Waals surface area contributed by atoms with Gasteiger partial charge in [0.2, 0.25) is 5.91 Å². The van der Waals surface area contributed by atoms with Crippen molar-refractivity contribution in [2.45, 2.75) is 19.8 Å². The van der Waals surface area contributed by atoms with E-state index in [4.69, 9.17) is 4.52 Å². The lowest BCUT2D eigenvalue weighted by atomic mass is 10.3. The van der Waals surface area contributed by atoms with E-state index in [1.165, 1.54) is 11.3 Å². The maximum atomic E-state index is 11.8. The van der Waals surface area contributed by atoms with E-state index in [1.807, 2.05) is 12.3 Å². The van der Waals surface area contributed by atoms with Crippen molar-refractivity contribution in [3.63, 3.8) is 0 Å². The molecule has 1 amide bonds. The fraction of sp³-hybridized carbons (Fsp3) is 0.267. The van der Waals surface area contributed by atoms with E-state index >= 15 is 0 Å². The number of aromatic nitrogens is 4. The summed E-state index contributed by atoms with van der Waals surface area (Å²) in [7, 11) is 0. The molecular weight excluding hydrogens is 314 g/mol. The Hall–Kier alpha value is -2.61. The maximum Gasteiger partial charge on any atom is 0.227 e. The van der Waals surface area contributed by atoms with Crippen LogP contribution in [-0.2, 0) is 17.6 Å². The van der Waals surface area contributed by atoms with Gasteiger partial charge >= 0.3 is 0 Å². The molecule has 0 aliphatic rings. The van der Waals surface area contributed by atoms with E-state index in [9.17, 15) is 4.79 Å². The van der Waals surface area contributed by atoms with Gasteiger partial charge < -0.3 is 9.84 Å². The van der Waals surface area contributed by atoms with Gasteiger partial charge in [0.15, 0.2) is 0 Å². The van der Waals surface area contributed by atoms with Crippen LogP contribution in [0.1, 0.15) is 17.1 Å². The van der Waals surface area contributed by atoms with Crippen LogP contribution in [0.3, 0.4) is 0 Å². The molecule has 3 rings (SSSR count). The lowest BCUT2D eigenvalue weighted by Crippen LogP contribution is -2.27. The molecule has 3 aromatic rings. The van der Waals surface area contributed by atoms with Gasteiger partial charge in [0, 0.05) is 36.8 Å². The second-order valence-electron chi connectivity index (χ2n) is 4.95. The number of thiazole rings is 1. The molecule has 23 heavy (non-hydrogen) atoms. The van der Waals surface area contributed by atoms with Gasteiger partial charge in [-0.3, -0.25) is 14.8 Å². The predicted molar refractivity (Wildman–Crippen MR) is 84.8 cm³/mol. The maximum absolute atomic E-state index is 11.8.